The number of thiazole rings is 1. The van der Waals surface area contributed by atoms with Gasteiger partial charge in [-0.05, 0) is 18.6 Å². The van der Waals surface area contributed by atoms with Gasteiger partial charge in [-0.25, -0.2) is 0 Å². The van der Waals surface area contributed by atoms with E-state index in [0.29, 0.717) is 11.4 Å². The molecule has 4 nitrogen and oxygen atoms in total. The van der Waals surface area contributed by atoms with Crippen molar-refractivity contribution in [2.24, 2.45) is 4.99 Å². The molecular formula is C16H16N2O2S. The summed E-state index contributed by atoms with van der Waals surface area (Å²) < 4.78 is 1.44. The molecule has 3 rings (SSSR count). The normalized spacial score (nSPS) is 14.8. The molecule has 2 aromatic rings. The molecule has 0 spiro atoms. The van der Waals surface area contributed by atoms with Crippen molar-refractivity contribution in [3.63, 3.8) is 0 Å². The number of benzene rings is 1. The van der Waals surface area contributed by atoms with Crippen molar-refractivity contribution in [2.45, 2.75) is 26.3 Å². The van der Waals surface area contributed by atoms with Crippen molar-refractivity contribution in [1.29, 1.82) is 0 Å². The highest BCUT2D eigenvalue weighted by molar-refractivity contribution is 7.10. The summed E-state index contributed by atoms with van der Waals surface area (Å²) in [5.41, 5.74) is 2.86. The summed E-state index contributed by atoms with van der Waals surface area (Å²) in [7, 11) is 0. The molecule has 0 fully saturated rings. The molecule has 108 valence electrons. The molecule has 1 aliphatic heterocycles. The maximum atomic E-state index is 11.9. The lowest BCUT2D eigenvalue weighted by molar-refractivity contribution is 0.408. The number of nitrogens with zero attached hydrogens (tertiary/aromatic N) is 2. The van der Waals surface area contributed by atoms with Crippen LogP contribution in [0.4, 0.5) is 5.69 Å². The number of hydrogen-bond acceptors (Lipinski definition) is 4. The Balaban J connectivity index is 1.98. The number of hydrogen-bond donors (Lipinski definition) is 1. The fourth-order valence-electron chi connectivity index (χ4n) is 2.32. The number of aliphatic imine (C=N–C) groups is 1. The summed E-state index contributed by atoms with van der Waals surface area (Å²) in [6.07, 6.45) is 5.46. The quantitative estimate of drug-likeness (QED) is 0.936. The minimum Gasteiger partial charge on any atom is -0.493 e. The van der Waals surface area contributed by atoms with Gasteiger partial charge in [0.2, 0.25) is 5.88 Å². The SMILES string of the molecule is CCCCn1c(O)c(/C=C2\C=Nc3ccccc32)sc1=O. The van der Waals surface area contributed by atoms with Crippen LogP contribution >= 0.6 is 11.3 Å². The minimum absolute atomic E-state index is 0.0590. The number of fused-ring (bicyclic) bond motifs is 1. The highest BCUT2D eigenvalue weighted by Gasteiger charge is 2.15. The summed E-state index contributed by atoms with van der Waals surface area (Å²) in [6.45, 7) is 2.62. The van der Waals surface area contributed by atoms with Crippen molar-refractivity contribution in [2.75, 3.05) is 0 Å². The van der Waals surface area contributed by atoms with Crippen LogP contribution in [0.5, 0.6) is 5.88 Å². The molecule has 2 heterocycles. The maximum absolute atomic E-state index is 11.9. The summed E-state index contributed by atoms with van der Waals surface area (Å²) >= 11 is 1.07. The fourth-order valence-corrected chi connectivity index (χ4v) is 3.18. The lowest BCUT2D eigenvalue weighted by atomic mass is 10.1. The Morgan fingerprint density at radius 2 is 2.19 bits per heavy atom. The molecule has 0 unspecified atom stereocenters. The van der Waals surface area contributed by atoms with Crippen LogP contribution in [0.15, 0.2) is 34.1 Å². The van der Waals surface area contributed by atoms with Crippen molar-refractivity contribution < 1.29 is 5.11 Å². The highest BCUT2D eigenvalue weighted by atomic mass is 32.1. The second-order valence-corrected chi connectivity index (χ2v) is 5.93. The summed E-state index contributed by atoms with van der Waals surface area (Å²) in [6, 6.07) is 7.83. The Morgan fingerprint density at radius 3 is 3.00 bits per heavy atom. The van der Waals surface area contributed by atoms with Crippen molar-refractivity contribution in [3.8, 4) is 5.88 Å². The van der Waals surface area contributed by atoms with Gasteiger partial charge in [0.1, 0.15) is 0 Å². The highest BCUT2D eigenvalue weighted by Crippen LogP contribution is 2.34. The molecule has 0 amide bonds. The first kappa shape index (κ1) is 13.8. The predicted octanol–water partition coefficient (Wildman–Crippen LogP) is 3.67. The Kier molecular flexibility index (Phi) is 3.75. The van der Waals surface area contributed by atoms with Gasteiger partial charge in [0.25, 0.3) is 0 Å². The smallest absolute Gasteiger partial charge is 0.310 e. The average Bonchev–Trinajstić information content (AvgIpc) is 3.01. The van der Waals surface area contributed by atoms with E-state index in [-0.39, 0.29) is 10.8 Å². The summed E-state index contributed by atoms with van der Waals surface area (Å²) in [5.74, 6) is 0.0590. The molecule has 0 saturated carbocycles. The Labute approximate surface area is 126 Å². The fraction of sp³-hybridized carbons (Fsp3) is 0.250. The van der Waals surface area contributed by atoms with Crippen LogP contribution in [-0.4, -0.2) is 15.9 Å². The average molecular weight is 300 g/mol. The zero-order valence-electron chi connectivity index (χ0n) is 11.7. The van der Waals surface area contributed by atoms with Crippen LogP contribution in [0.25, 0.3) is 11.6 Å². The van der Waals surface area contributed by atoms with Gasteiger partial charge < -0.3 is 5.11 Å². The van der Waals surface area contributed by atoms with Gasteiger partial charge in [0.05, 0.1) is 10.6 Å². The molecule has 0 aliphatic carbocycles. The van der Waals surface area contributed by atoms with Gasteiger partial charge in [-0.15, -0.1) is 0 Å². The summed E-state index contributed by atoms with van der Waals surface area (Å²) in [5, 5.41) is 10.2. The lowest BCUT2D eigenvalue weighted by Crippen LogP contribution is -2.12. The molecule has 1 aromatic carbocycles. The molecule has 1 N–H and O–H groups in total. The first-order chi connectivity index (χ1) is 10.2. The molecule has 0 radical (unpaired) electrons. The van der Waals surface area contributed by atoms with E-state index < -0.39 is 0 Å². The Hall–Kier alpha value is -2.14. The van der Waals surface area contributed by atoms with Crippen LogP contribution in [0, 0.1) is 0 Å². The molecule has 0 saturated heterocycles. The number of unbranched alkanes of at least 4 members (excludes halogenated alkanes) is 1. The molecular weight excluding hydrogens is 284 g/mol. The molecule has 21 heavy (non-hydrogen) atoms. The van der Waals surface area contributed by atoms with Gasteiger partial charge in [-0.1, -0.05) is 42.9 Å². The minimum atomic E-state index is -0.115. The summed E-state index contributed by atoms with van der Waals surface area (Å²) in [4.78, 5) is 16.8. The van der Waals surface area contributed by atoms with Crippen LogP contribution in [0.3, 0.4) is 0 Å². The third kappa shape index (κ3) is 2.56. The van der Waals surface area contributed by atoms with Crippen LogP contribution in [0.1, 0.15) is 30.2 Å². The Morgan fingerprint density at radius 1 is 1.38 bits per heavy atom. The van der Waals surface area contributed by atoms with E-state index in [2.05, 4.69) is 11.9 Å². The van der Waals surface area contributed by atoms with E-state index in [4.69, 9.17) is 0 Å². The number of para-hydroxylation sites is 1. The van der Waals surface area contributed by atoms with E-state index in [9.17, 15) is 9.90 Å². The molecule has 0 atom stereocenters. The molecule has 1 aliphatic rings. The maximum Gasteiger partial charge on any atom is 0.310 e. The lowest BCUT2D eigenvalue weighted by Gasteiger charge is -2.02. The van der Waals surface area contributed by atoms with Crippen LogP contribution in [0.2, 0.25) is 0 Å². The van der Waals surface area contributed by atoms with Gasteiger partial charge in [0.15, 0.2) is 0 Å². The van der Waals surface area contributed by atoms with Crippen LogP contribution < -0.4 is 4.87 Å². The van der Waals surface area contributed by atoms with E-state index in [1.54, 1.807) is 6.21 Å². The van der Waals surface area contributed by atoms with Crippen molar-refractivity contribution in [1.82, 2.24) is 4.57 Å². The molecule has 5 heteroatoms. The second-order valence-electron chi connectivity index (χ2n) is 4.94. The third-order valence-electron chi connectivity index (χ3n) is 3.47. The molecule has 0 bridgehead atoms. The second kappa shape index (κ2) is 5.69. The number of aromatic nitrogens is 1. The van der Waals surface area contributed by atoms with Crippen LogP contribution in [-0.2, 0) is 6.54 Å². The van der Waals surface area contributed by atoms with E-state index in [1.165, 1.54) is 4.57 Å². The van der Waals surface area contributed by atoms with Gasteiger partial charge >= 0.3 is 4.87 Å². The van der Waals surface area contributed by atoms with Crippen molar-refractivity contribution in [3.05, 3.63) is 44.4 Å². The van der Waals surface area contributed by atoms with Gasteiger partial charge in [-0.3, -0.25) is 14.4 Å². The van der Waals surface area contributed by atoms with Crippen molar-refractivity contribution >= 4 is 34.9 Å². The standard InChI is InChI=1S/C16H16N2O2S/c1-2-3-8-18-15(19)14(21-16(18)20)9-11-10-17-13-7-5-4-6-12(11)13/h4-7,9-10,19H,2-3,8H2,1H3/b11-9+. The largest absolute Gasteiger partial charge is 0.493 e. The first-order valence-corrected chi connectivity index (χ1v) is 7.80. The zero-order chi connectivity index (χ0) is 14.8. The first-order valence-electron chi connectivity index (χ1n) is 6.98. The van der Waals surface area contributed by atoms with Gasteiger partial charge in [0, 0.05) is 23.9 Å². The third-order valence-corrected chi connectivity index (χ3v) is 4.39. The monoisotopic (exact) mass is 300 g/mol. The topological polar surface area (TPSA) is 54.6 Å². The van der Waals surface area contributed by atoms with Gasteiger partial charge in [-0.2, -0.15) is 0 Å². The number of rotatable bonds is 4. The van der Waals surface area contributed by atoms with E-state index in [1.807, 2.05) is 30.3 Å². The predicted molar refractivity (Wildman–Crippen MR) is 87.6 cm³/mol. The van der Waals surface area contributed by atoms with E-state index in [0.717, 1.165) is 41.0 Å². The molecule has 1 aromatic heterocycles. The number of allylic oxidation sites excluding steroid dienone is 1. The van der Waals surface area contributed by atoms with E-state index >= 15 is 0 Å². The Bertz CT molecular complexity index is 784. The zero-order valence-corrected chi connectivity index (χ0v) is 12.6. The number of aromatic hydroxyl groups is 1.